The van der Waals surface area contributed by atoms with Crippen LogP contribution in [-0.2, 0) is 9.71 Å². The number of pyridine rings is 2. The molecule has 3 aromatic heterocycles. The van der Waals surface area contributed by atoms with Gasteiger partial charge in [0.25, 0.3) is 5.91 Å². The first-order valence-electron chi connectivity index (χ1n) is 14.9. The van der Waals surface area contributed by atoms with E-state index in [0.29, 0.717) is 16.8 Å². The van der Waals surface area contributed by atoms with E-state index in [0.717, 1.165) is 85.1 Å². The van der Waals surface area contributed by atoms with Crippen LogP contribution in [0.25, 0.3) is 27.7 Å². The minimum Gasteiger partial charge on any atom is -0.434 e. The fourth-order valence-electron chi connectivity index (χ4n) is 6.48. The van der Waals surface area contributed by atoms with E-state index in [4.69, 9.17) is 9.26 Å². The van der Waals surface area contributed by atoms with Crippen molar-refractivity contribution in [1.29, 1.82) is 0 Å². The topological polar surface area (TPSA) is 110 Å². The van der Waals surface area contributed by atoms with Crippen LogP contribution in [-0.4, -0.2) is 57.1 Å². The van der Waals surface area contributed by atoms with E-state index in [1.54, 1.807) is 18.3 Å². The SMILES string of the molecule is C=S(C)(=O)NC(=O)c1cc(OC(F)F)c2cc(N3CCC4(C=C(c5c(-c6cnccc6C)noc5C5CC5)C4)CC3)ccc2n1. The highest BCUT2D eigenvalue weighted by Gasteiger charge is 2.44. The van der Waals surface area contributed by atoms with E-state index < -0.39 is 22.2 Å². The Morgan fingerprint density at radius 1 is 1.22 bits per heavy atom. The Morgan fingerprint density at radius 2 is 1.98 bits per heavy atom. The van der Waals surface area contributed by atoms with E-state index in [1.807, 2.05) is 18.3 Å². The molecule has 4 aromatic rings. The van der Waals surface area contributed by atoms with Gasteiger partial charge < -0.3 is 14.2 Å². The van der Waals surface area contributed by atoms with Crippen molar-refractivity contribution in [3.8, 4) is 17.0 Å². The van der Waals surface area contributed by atoms with Crippen LogP contribution in [0.5, 0.6) is 5.75 Å². The molecule has 1 amide bonds. The summed E-state index contributed by atoms with van der Waals surface area (Å²) in [6.07, 6.45) is 12.4. The van der Waals surface area contributed by atoms with Gasteiger partial charge in [-0.2, -0.15) is 8.78 Å². The molecular formula is C33H33F2N5O4S. The Hall–Kier alpha value is -4.32. The largest absolute Gasteiger partial charge is 0.434 e. The Morgan fingerprint density at radius 3 is 2.64 bits per heavy atom. The van der Waals surface area contributed by atoms with Crippen molar-refractivity contribution in [2.75, 3.05) is 24.2 Å². The van der Waals surface area contributed by atoms with Gasteiger partial charge in [0.2, 0.25) is 0 Å². The van der Waals surface area contributed by atoms with Gasteiger partial charge in [-0.05, 0) is 85.7 Å². The number of fused-ring (bicyclic) bond motifs is 1. The molecule has 2 fully saturated rings. The molecule has 1 N–H and O–H groups in total. The number of amides is 1. The molecule has 3 aliphatic rings. The number of halogens is 2. The predicted molar refractivity (Wildman–Crippen MR) is 170 cm³/mol. The van der Waals surface area contributed by atoms with Crippen LogP contribution in [0.2, 0.25) is 0 Å². The zero-order valence-corrected chi connectivity index (χ0v) is 25.8. The van der Waals surface area contributed by atoms with Crippen molar-refractivity contribution in [2.45, 2.75) is 51.6 Å². The number of hydrogen-bond acceptors (Lipinski definition) is 8. The van der Waals surface area contributed by atoms with Crippen molar-refractivity contribution in [3.63, 3.8) is 0 Å². The van der Waals surface area contributed by atoms with Gasteiger partial charge >= 0.3 is 6.61 Å². The highest BCUT2D eigenvalue weighted by atomic mass is 32.2. The number of nitrogens with one attached hydrogen (secondary N) is 1. The number of anilines is 1. The van der Waals surface area contributed by atoms with Crippen LogP contribution in [0.3, 0.4) is 0 Å². The molecule has 7 rings (SSSR count). The fourth-order valence-corrected chi connectivity index (χ4v) is 6.98. The molecule has 12 heteroatoms. The molecular weight excluding hydrogens is 600 g/mol. The molecule has 4 heterocycles. The highest BCUT2D eigenvalue weighted by Crippen LogP contribution is 2.56. The first-order valence-corrected chi connectivity index (χ1v) is 17.0. The molecule has 2 aliphatic carbocycles. The van der Waals surface area contributed by atoms with Gasteiger partial charge in [-0.15, -0.1) is 0 Å². The maximum Gasteiger partial charge on any atom is 0.387 e. The lowest BCUT2D eigenvalue weighted by molar-refractivity contribution is -0.0488. The van der Waals surface area contributed by atoms with E-state index in [9.17, 15) is 17.8 Å². The molecule has 1 saturated heterocycles. The number of ether oxygens (including phenoxy) is 1. The van der Waals surface area contributed by atoms with Gasteiger partial charge in [-0.1, -0.05) is 11.2 Å². The molecule has 1 aromatic carbocycles. The number of piperidine rings is 1. The Kier molecular flexibility index (Phi) is 7.14. The van der Waals surface area contributed by atoms with Crippen molar-refractivity contribution < 1.29 is 27.0 Å². The van der Waals surface area contributed by atoms with Crippen LogP contribution in [0.1, 0.15) is 65.4 Å². The lowest BCUT2D eigenvalue weighted by Crippen LogP contribution is -2.42. The van der Waals surface area contributed by atoms with Gasteiger partial charge in [-0.25, -0.2) is 9.19 Å². The highest BCUT2D eigenvalue weighted by molar-refractivity contribution is 7.98. The lowest BCUT2D eigenvalue weighted by Gasteiger charge is -2.47. The number of benzene rings is 1. The minimum absolute atomic E-state index is 0.0853. The number of aryl methyl sites for hydroxylation is 1. The van der Waals surface area contributed by atoms with Gasteiger partial charge in [0.1, 0.15) is 22.9 Å². The number of carbonyl (C=O) groups excluding carboxylic acids is 1. The molecule has 45 heavy (non-hydrogen) atoms. The maximum absolute atomic E-state index is 13.4. The average Bonchev–Trinajstić information content (AvgIpc) is 3.73. The minimum atomic E-state index is -3.10. The third-order valence-electron chi connectivity index (χ3n) is 8.94. The number of nitrogens with zero attached hydrogens (tertiary/aromatic N) is 4. The lowest BCUT2D eigenvalue weighted by atomic mass is 9.63. The second-order valence-corrected chi connectivity index (χ2v) is 14.7. The summed E-state index contributed by atoms with van der Waals surface area (Å²) in [5.41, 5.74) is 6.49. The summed E-state index contributed by atoms with van der Waals surface area (Å²) in [6, 6.07) is 8.47. The molecule has 9 nitrogen and oxygen atoms in total. The maximum atomic E-state index is 13.4. The van der Waals surface area contributed by atoms with Gasteiger partial charge in [0, 0.05) is 75.6 Å². The quantitative estimate of drug-likeness (QED) is 0.231. The standard InChI is InChI=1S/C33H33F2N5O4S/c1-19-8-11-36-18-24(19)29-28(30(44-38-29)20-4-5-20)21-16-33(17-21)9-12-40(13-10-33)22-6-7-25-23(14-22)27(43-32(34)35)15-26(37-25)31(41)39-45(2,3)42/h6-8,11,14-16,18,20,32H,2,4-5,9-10,12-13,17H2,1,3H3,(H,39,41,42). The van der Waals surface area contributed by atoms with E-state index in [-0.39, 0.29) is 16.9 Å². The van der Waals surface area contributed by atoms with E-state index in [2.05, 4.69) is 43.6 Å². The predicted octanol–water partition coefficient (Wildman–Crippen LogP) is 6.14. The summed E-state index contributed by atoms with van der Waals surface area (Å²) >= 11 is 0. The Labute approximate surface area is 259 Å². The summed E-state index contributed by atoms with van der Waals surface area (Å²) < 4.78 is 51.6. The van der Waals surface area contributed by atoms with Crippen LogP contribution in [0.15, 0.2) is 53.3 Å². The summed E-state index contributed by atoms with van der Waals surface area (Å²) in [5.74, 6) is 3.87. The molecule has 234 valence electrons. The smallest absolute Gasteiger partial charge is 0.387 e. The average molecular weight is 634 g/mol. The van der Waals surface area contributed by atoms with Crippen LogP contribution in [0, 0.1) is 12.3 Å². The molecule has 1 spiro atoms. The molecule has 1 atom stereocenters. The van der Waals surface area contributed by atoms with E-state index >= 15 is 0 Å². The zero-order valence-electron chi connectivity index (χ0n) is 25.0. The number of allylic oxidation sites excluding steroid dienone is 2. The Balaban J connectivity index is 1.12. The number of hydrogen-bond donors (Lipinski definition) is 1. The van der Waals surface area contributed by atoms with E-state index in [1.165, 1.54) is 11.8 Å². The van der Waals surface area contributed by atoms with Crippen LogP contribution >= 0.6 is 0 Å². The first-order chi connectivity index (χ1) is 21.5. The second kappa shape index (κ2) is 10.9. The zero-order chi connectivity index (χ0) is 31.5. The van der Waals surface area contributed by atoms with Crippen LogP contribution in [0.4, 0.5) is 14.5 Å². The summed E-state index contributed by atoms with van der Waals surface area (Å²) in [6.45, 7) is 0.543. The third-order valence-corrected chi connectivity index (χ3v) is 9.56. The van der Waals surface area contributed by atoms with Crippen molar-refractivity contribution >= 4 is 43.6 Å². The second-order valence-electron chi connectivity index (χ2n) is 12.5. The van der Waals surface area contributed by atoms with Crippen molar-refractivity contribution in [3.05, 3.63) is 71.4 Å². The van der Waals surface area contributed by atoms with Gasteiger partial charge in [-0.3, -0.25) is 14.5 Å². The molecule has 0 radical (unpaired) electrons. The van der Waals surface area contributed by atoms with Crippen molar-refractivity contribution in [1.82, 2.24) is 19.8 Å². The number of aromatic nitrogens is 3. The Bertz CT molecular complexity index is 1960. The summed E-state index contributed by atoms with van der Waals surface area (Å²) in [7, 11) is -2.87. The fraction of sp³-hybridized carbons (Fsp3) is 0.364. The normalized spacial score (nSPS) is 18.9. The summed E-state index contributed by atoms with van der Waals surface area (Å²) in [5, 5.41) is 4.87. The number of rotatable bonds is 8. The molecule has 0 bridgehead atoms. The molecule has 1 unspecified atom stereocenters. The van der Waals surface area contributed by atoms with Crippen molar-refractivity contribution in [2.24, 2.45) is 5.41 Å². The number of carbonyl (C=O) groups is 1. The van der Waals surface area contributed by atoms with Gasteiger partial charge in [0.15, 0.2) is 0 Å². The molecule has 1 saturated carbocycles. The number of alkyl halides is 2. The molecule has 1 aliphatic heterocycles. The first kappa shape index (κ1) is 29.4. The van der Waals surface area contributed by atoms with Gasteiger partial charge in [0.05, 0.1) is 5.52 Å². The van der Waals surface area contributed by atoms with Crippen LogP contribution < -0.4 is 14.4 Å². The third kappa shape index (κ3) is 5.79. The summed E-state index contributed by atoms with van der Waals surface area (Å²) in [4.78, 5) is 23.4. The monoisotopic (exact) mass is 633 g/mol.